The van der Waals surface area contributed by atoms with Crippen LogP contribution in [0.2, 0.25) is 0 Å². The Labute approximate surface area is 148 Å². The van der Waals surface area contributed by atoms with E-state index in [1.807, 2.05) is 61.3 Å². The molecule has 1 unspecified atom stereocenters. The van der Waals surface area contributed by atoms with E-state index in [-0.39, 0.29) is 11.9 Å². The van der Waals surface area contributed by atoms with Crippen molar-refractivity contribution in [3.05, 3.63) is 47.3 Å². The molecule has 0 radical (unpaired) electrons. The number of hydrogen-bond acceptors (Lipinski definition) is 5. The average molecular weight is 343 g/mol. The highest BCUT2D eigenvalue weighted by Gasteiger charge is 2.34. The van der Waals surface area contributed by atoms with Gasteiger partial charge in [-0.1, -0.05) is 35.5 Å². The zero-order valence-corrected chi connectivity index (χ0v) is 15.1. The van der Waals surface area contributed by atoms with Crippen molar-refractivity contribution in [2.75, 3.05) is 33.8 Å². The molecule has 0 saturated carbocycles. The third kappa shape index (κ3) is 4.05. The Morgan fingerprint density at radius 1 is 1.32 bits per heavy atom. The van der Waals surface area contributed by atoms with Crippen molar-refractivity contribution >= 4 is 5.91 Å². The van der Waals surface area contributed by atoms with Crippen LogP contribution in [-0.4, -0.2) is 64.5 Å². The molecule has 7 heteroatoms. The quantitative estimate of drug-likeness (QED) is 0.784. The van der Waals surface area contributed by atoms with Gasteiger partial charge in [0.2, 0.25) is 5.91 Å². The predicted molar refractivity (Wildman–Crippen MR) is 93.8 cm³/mol. The Hall–Kier alpha value is -2.25. The fourth-order valence-corrected chi connectivity index (χ4v) is 3.16. The number of nitrogens with zero attached hydrogens (tertiary/aromatic N) is 5. The molecular formula is C18H25N5O2. The summed E-state index contributed by atoms with van der Waals surface area (Å²) in [5, 5.41) is 8.43. The van der Waals surface area contributed by atoms with Crippen LogP contribution in [0.1, 0.15) is 23.0 Å². The predicted octanol–water partition coefficient (Wildman–Crippen LogP) is 1.02. The Balaban J connectivity index is 1.73. The number of likely N-dealkylation sites (N-methyl/N-ethyl adjacent to an activating group) is 1. The molecule has 3 rings (SSSR count). The molecule has 1 atom stereocenters. The van der Waals surface area contributed by atoms with E-state index in [2.05, 4.69) is 10.3 Å². The number of carbonyl (C=O) groups is 1. The highest BCUT2D eigenvalue weighted by molar-refractivity contribution is 5.79. The molecule has 1 aromatic heterocycles. The minimum absolute atomic E-state index is 0.0922. The van der Waals surface area contributed by atoms with E-state index in [0.717, 1.165) is 23.4 Å². The zero-order chi connectivity index (χ0) is 17.8. The van der Waals surface area contributed by atoms with Gasteiger partial charge in [0.15, 0.2) is 0 Å². The SMILES string of the molecule is CN(C)CC(=O)N1CCc2c(nnn2C)C1COCc1ccccc1. The van der Waals surface area contributed by atoms with Crippen LogP contribution >= 0.6 is 0 Å². The van der Waals surface area contributed by atoms with E-state index in [9.17, 15) is 4.79 Å². The van der Waals surface area contributed by atoms with Gasteiger partial charge in [-0.25, -0.2) is 0 Å². The highest BCUT2D eigenvalue weighted by Crippen LogP contribution is 2.28. The molecule has 0 bridgehead atoms. The van der Waals surface area contributed by atoms with Gasteiger partial charge >= 0.3 is 0 Å². The molecular weight excluding hydrogens is 318 g/mol. The number of rotatable bonds is 6. The Morgan fingerprint density at radius 3 is 2.80 bits per heavy atom. The highest BCUT2D eigenvalue weighted by atomic mass is 16.5. The lowest BCUT2D eigenvalue weighted by Crippen LogP contribution is -2.45. The summed E-state index contributed by atoms with van der Waals surface area (Å²) in [5.41, 5.74) is 3.06. The van der Waals surface area contributed by atoms with Gasteiger partial charge < -0.3 is 14.5 Å². The molecule has 0 fully saturated rings. The second-order valence-corrected chi connectivity index (χ2v) is 6.64. The first-order valence-electron chi connectivity index (χ1n) is 8.50. The molecule has 2 aromatic rings. The number of benzene rings is 1. The fourth-order valence-electron chi connectivity index (χ4n) is 3.16. The molecule has 1 aliphatic rings. The van der Waals surface area contributed by atoms with Gasteiger partial charge in [-0.2, -0.15) is 0 Å². The van der Waals surface area contributed by atoms with E-state index < -0.39 is 0 Å². The van der Waals surface area contributed by atoms with Crippen molar-refractivity contribution < 1.29 is 9.53 Å². The lowest BCUT2D eigenvalue weighted by atomic mass is 10.0. The van der Waals surface area contributed by atoms with Gasteiger partial charge in [0, 0.05) is 20.0 Å². The largest absolute Gasteiger partial charge is 0.374 e. The first kappa shape index (κ1) is 17.6. The summed E-state index contributed by atoms with van der Waals surface area (Å²) in [6.07, 6.45) is 0.771. The molecule has 0 spiro atoms. The lowest BCUT2D eigenvalue weighted by Gasteiger charge is -2.35. The smallest absolute Gasteiger partial charge is 0.237 e. The van der Waals surface area contributed by atoms with Crippen molar-refractivity contribution in [3.63, 3.8) is 0 Å². The van der Waals surface area contributed by atoms with E-state index in [1.54, 1.807) is 4.68 Å². The minimum Gasteiger partial charge on any atom is -0.374 e. The van der Waals surface area contributed by atoms with Crippen LogP contribution in [0.25, 0.3) is 0 Å². The standard InChI is InChI=1S/C18H25N5O2/c1-21(2)11-17(24)23-10-9-15-18(19-20-22(15)3)16(23)13-25-12-14-7-5-4-6-8-14/h4-8,16H,9-13H2,1-3H3. The molecule has 1 aliphatic heterocycles. The monoisotopic (exact) mass is 343 g/mol. The molecule has 2 heterocycles. The third-order valence-electron chi connectivity index (χ3n) is 4.41. The topological polar surface area (TPSA) is 63.5 Å². The van der Waals surface area contributed by atoms with Crippen LogP contribution in [0.5, 0.6) is 0 Å². The van der Waals surface area contributed by atoms with E-state index in [0.29, 0.717) is 26.3 Å². The number of carbonyl (C=O) groups excluding carboxylic acids is 1. The van der Waals surface area contributed by atoms with Crippen molar-refractivity contribution in [1.82, 2.24) is 24.8 Å². The van der Waals surface area contributed by atoms with Gasteiger partial charge in [0.1, 0.15) is 11.7 Å². The summed E-state index contributed by atoms with van der Waals surface area (Å²) < 4.78 is 7.73. The number of hydrogen-bond donors (Lipinski definition) is 0. The van der Waals surface area contributed by atoms with Gasteiger partial charge in [-0.15, -0.1) is 5.10 Å². The van der Waals surface area contributed by atoms with Gasteiger partial charge in [0.25, 0.3) is 0 Å². The zero-order valence-electron chi connectivity index (χ0n) is 15.1. The Kier molecular flexibility index (Phi) is 5.45. The Morgan fingerprint density at radius 2 is 2.08 bits per heavy atom. The van der Waals surface area contributed by atoms with Crippen LogP contribution in [0.15, 0.2) is 30.3 Å². The number of fused-ring (bicyclic) bond motifs is 1. The van der Waals surface area contributed by atoms with Crippen molar-refractivity contribution in [3.8, 4) is 0 Å². The first-order chi connectivity index (χ1) is 12.1. The summed E-state index contributed by atoms with van der Waals surface area (Å²) in [5.74, 6) is 0.0922. The Bertz CT molecular complexity index is 714. The number of aryl methyl sites for hydroxylation is 1. The van der Waals surface area contributed by atoms with E-state index in [1.165, 1.54) is 0 Å². The molecule has 1 amide bonds. The summed E-state index contributed by atoms with van der Waals surface area (Å²) in [4.78, 5) is 16.4. The molecule has 25 heavy (non-hydrogen) atoms. The molecule has 0 saturated heterocycles. The summed E-state index contributed by atoms with van der Waals surface area (Å²) in [6.45, 7) is 1.98. The van der Waals surface area contributed by atoms with Crippen LogP contribution < -0.4 is 0 Å². The summed E-state index contributed by atoms with van der Waals surface area (Å²) >= 11 is 0. The van der Waals surface area contributed by atoms with Crippen LogP contribution in [-0.2, 0) is 29.6 Å². The summed E-state index contributed by atoms with van der Waals surface area (Å²) in [7, 11) is 5.69. The maximum absolute atomic E-state index is 12.6. The van der Waals surface area contributed by atoms with E-state index >= 15 is 0 Å². The first-order valence-corrected chi connectivity index (χ1v) is 8.50. The second kappa shape index (κ2) is 7.76. The normalized spacial score (nSPS) is 17.0. The van der Waals surface area contributed by atoms with Gasteiger partial charge in [-0.05, 0) is 19.7 Å². The van der Waals surface area contributed by atoms with Crippen LogP contribution in [0, 0.1) is 0 Å². The van der Waals surface area contributed by atoms with Crippen molar-refractivity contribution in [2.45, 2.75) is 19.1 Å². The molecule has 7 nitrogen and oxygen atoms in total. The maximum atomic E-state index is 12.6. The van der Waals surface area contributed by atoms with Gasteiger partial charge in [-0.3, -0.25) is 9.48 Å². The van der Waals surface area contributed by atoms with Crippen molar-refractivity contribution in [1.29, 1.82) is 0 Å². The van der Waals surface area contributed by atoms with Gasteiger partial charge in [0.05, 0.1) is 25.5 Å². The molecule has 134 valence electrons. The number of aromatic nitrogens is 3. The van der Waals surface area contributed by atoms with Crippen molar-refractivity contribution in [2.24, 2.45) is 7.05 Å². The summed E-state index contributed by atoms with van der Waals surface area (Å²) in [6, 6.07) is 9.85. The number of ether oxygens (including phenoxy) is 1. The minimum atomic E-state index is -0.186. The average Bonchev–Trinajstić information content (AvgIpc) is 2.97. The maximum Gasteiger partial charge on any atom is 0.237 e. The molecule has 0 N–H and O–H groups in total. The number of amides is 1. The van der Waals surface area contributed by atoms with Crippen LogP contribution in [0.3, 0.4) is 0 Å². The lowest BCUT2D eigenvalue weighted by molar-refractivity contribution is -0.136. The molecule has 1 aromatic carbocycles. The van der Waals surface area contributed by atoms with E-state index in [4.69, 9.17) is 4.74 Å². The van der Waals surface area contributed by atoms with Crippen LogP contribution in [0.4, 0.5) is 0 Å². The second-order valence-electron chi connectivity index (χ2n) is 6.64. The fraction of sp³-hybridized carbons (Fsp3) is 0.500. The third-order valence-corrected chi connectivity index (χ3v) is 4.41. The molecule has 0 aliphatic carbocycles.